The number of unbranched alkanes of at least 4 members (excludes halogenated alkanes) is 8. The van der Waals surface area contributed by atoms with Crippen LogP contribution in [0.15, 0.2) is 18.7 Å². The molecule has 1 N–H and O–H groups in total. The molecule has 0 atom stereocenters. The van der Waals surface area contributed by atoms with Crippen LogP contribution in [0.4, 0.5) is 0 Å². The molecule has 0 spiro atoms. The van der Waals surface area contributed by atoms with Crippen LogP contribution in [0.1, 0.15) is 97.8 Å². The molecule has 1 aromatic heterocycles. The lowest BCUT2D eigenvalue weighted by Gasteiger charge is -2.31. The fourth-order valence-electron chi connectivity index (χ4n) is 3.22. The molecular formula is C19H37N3O2S. The lowest BCUT2D eigenvalue weighted by molar-refractivity contribution is 0.330. The fourth-order valence-corrected chi connectivity index (χ4v) is 4.54. The lowest BCUT2D eigenvalue weighted by Crippen LogP contribution is -2.47. The second kappa shape index (κ2) is 11.7. The maximum absolute atomic E-state index is 12.6. The van der Waals surface area contributed by atoms with Gasteiger partial charge in [-0.15, -0.1) is 0 Å². The van der Waals surface area contributed by atoms with Gasteiger partial charge in [-0.2, -0.15) is 13.1 Å². The van der Waals surface area contributed by atoms with Gasteiger partial charge in [0.2, 0.25) is 0 Å². The first kappa shape index (κ1) is 22.2. The van der Waals surface area contributed by atoms with Gasteiger partial charge >= 0.3 is 10.2 Å². The highest BCUT2D eigenvalue weighted by Crippen LogP contribution is 2.24. The van der Waals surface area contributed by atoms with E-state index in [-0.39, 0.29) is 5.54 Å². The maximum atomic E-state index is 12.6. The number of imidazole rings is 1. The van der Waals surface area contributed by atoms with Gasteiger partial charge in [-0.05, 0) is 19.8 Å². The Morgan fingerprint density at radius 2 is 1.44 bits per heavy atom. The third-order valence-corrected chi connectivity index (χ3v) is 6.32. The van der Waals surface area contributed by atoms with E-state index in [0.717, 1.165) is 25.7 Å². The Bertz CT molecular complexity index is 527. The molecule has 0 aliphatic rings. The van der Waals surface area contributed by atoms with E-state index in [9.17, 15) is 8.42 Å². The smallest absolute Gasteiger partial charge is 0.244 e. The minimum absolute atomic E-state index is 0.387. The number of nitrogens with one attached hydrogen (secondary N) is 1. The average Bonchev–Trinajstić information content (AvgIpc) is 3.09. The third kappa shape index (κ3) is 8.86. The molecule has 0 aromatic carbocycles. The Labute approximate surface area is 154 Å². The summed E-state index contributed by atoms with van der Waals surface area (Å²) in [7, 11) is -3.57. The molecule has 0 aliphatic heterocycles. The summed E-state index contributed by atoms with van der Waals surface area (Å²) in [6.45, 7) is 6.47. The minimum atomic E-state index is -3.57. The standard InChI is InChI=1S/C19H37N3O2S/c1-4-6-8-10-12-14-19(3,15-13-11-9-7-5-2)21-25(23,24)22-17-16-20-18-22/h16-18,21H,4-15H2,1-3H3. The summed E-state index contributed by atoms with van der Waals surface area (Å²) < 4.78 is 29.3. The molecule has 0 bridgehead atoms. The number of rotatable bonds is 15. The largest absolute Gasteiger partial charge is 0.306 e. The van der Waals surface area contributed by atoms with E-state index in [2.05, 4.69) is 30.5 Å². The van der Waals surface area contributed by atoms with Crippen molar-refractivity contribution in [3.8, 4) is 0 Å². The van der Waals surface area contributed by atoms with Crippen molar-refractivity contribution in [2.45, 2.75) is 103 Å². The molecule has 1 heterocycles. The van der Waals surface area contributed by atoms with Crippen LogP contribution in [0.2, 0.25) is 0 Å². The van der Waals surface area contributed by atoms with Gasteiger partial charge in [-0.25, -0.2) is 8.96 Å². The average molecular weight is 372 g/mol. The molecule has 0 radical (unpaired) electrons. The van der Waals surface area contributed by atoms with E-state index < -0.39 is 10.2 Å². The first-order valence-corrected chi connectivity index (χ1v) is 11.4. The van der Waals surface area contributed by atoms with Crippen molar-refractivity contribution < 1.29 is 8.42 Å². The first-order chi connectivity index (χ1) is 11.9. The van der Waals surface area contributed by atoms with Crippen molar-refractivity contribution in [1.82, 2.24) is 13.7 Å². The molecule has 6 heteroatoms. The van der Waals surface area contributed by atoms with Gasteiger partial charge < -0.3 is 0 Å². The molecule has 0 saturated heterocycles. The van der Waals surface area contributed by atoms with Gasteiger partial charge in [0.25, 0.3) is 0 Å². The predicted octanol–water partition coefficient (Wildman–Crippen LogP) is 5.05. The number of hydrogen-bond acceptors (Lipinski definition) is 3. The number of hydrogen-bond donors (Lipinski definition) is 1. The lowest BCUT2D eigenvalue weighted by atomic mass is 9.89. The Hall–Kier alpha value is -0.880. The first-order valence-electron chi connectivity index (χ1n) is 9.96. The summed E-state index contributed by atoms with van der Waals surface area (Å²) in [4.78, 5) is 3.85. The van der Waals surface area contributed by atoms with Crippen LogP contribution in [0.3, 0.4) is 0 Å². The molecule has 146 valence electrons. The summed E-state index contributed by atoms with van der Waals surface area (Å²) in [6, 6.07) is 0. The molecule has 1 rings (SSSR count). The van der Waals surface area contributed by atoms with Crippen molar-refractivity contribution in [3.05, 3.63) is 18.7 Å². The predicted molar refractivity (Wildman–Crippen MR) is 105 cm³/mol. The molecule has 25 heavy (non-hydrogen) atoms. The van der Waals surface area contributed by atoms with Crippen molar-refractivity contribution in [3.63, 3.8) is 0 Å². The molecule has 1 aromatic rings. The zero-order valence-corrected chi connectivity index (χ0v) is 17.2. The van der Waals surface area contributed by atoms with Gasteiger partial charge in [-0.1, -0.05) is 78.1 Å². The minimum Gasteiger partial charge on any atom is -0.244 e. The quantitative estimate of drug-likeness (QED) is 0.439. The summed E-state index contributed by atoms with van der Waals surface area (Å²) >= 11 is 0. The van der Waals surface area contributed by atoms with Crippen LogP contribution >= 0.6 is 0 Å². The van der Waals surface area contributed by atoms with E-state index in [1.165, 1.54) is 74.1 Å². The Balaban J connectivity index is 2.62. The van der Waals surface area contributed by atoms with Crippen molar-refractivity contribution >= 4 is 10.2 Å². The SMILES string of the molecule is CCCCCCCC(C)(CCCCCCC)NS(=O)(=O)n1ccnc1. The molecule has 0 fully saturated rings. The van der Waals surface area contributed by atoms with Crippen LogP contribution in [0.5, 0.6) is 0 Å². The highest BCUT2D eigenvalue weighted by molar-refractivity contribution is 7.88. The van der Waals surface area contributed by atoms with E-state index in [1.54, 1.807) is 0 Å². The summed E-state index contributed by atoms with van der Waals surface area (Å²) in [5.74, 6) is 0. The van der Waals surface area contributed by atoms with Crippen LogP contribution in [-0.2, 0) is 10.2 Å². The monoisotopic (exact) mass is 371 g/mol. The maximum Gasteiger partial charge on any atom is 0.306 e. The Kier molecular flexibility index (Phi) is 10.4. The second-order valence-corrected chi connectivity index (χ2v) is 8.96. The molecule has 5 nitrogen and oxygen atoms in total. The molecular weight excluding hydrogens is 334 g/mol. The van der Waals surface area contributed by atoms with Crippen molar-refractivity contribution in [2.75, 3.05) is 0 Å². The summed E-state index contributed by atoms with van der Waals surface area (Å²) in [6.07, 6.45) is 18.0. The van der Waals surface area contributed by atoms with E-state index in [0.29, 0.717) is 0 Å². The zero-order chi connectivity index (χ0) is 18.6. The zero-order valence-electron chi connectivity index (χ0n) is 16.3. The molecule has 0 amide bonds. The highest BCUT2D eigenvalue weighted by Gasteiger charge is 2.29. The summed E-state index contributed by atoms with van der Waals surface area (Å²) in [5, 5.41) is 0. The van der Waals surface area contributed by atoms with Crippen LogP contribution in [0.25, 0.3) is 0 Å². The van der Waals surface area contributed by atoms with Gasteiger partial charge in [0.1, 0.15) is 6.33 Å². The highest BCUT2D eigenvalue weighted by atomic mass is 32.2. The van der Waals surface area contributed by atoms with Gasteiger partial charge in [0.15, 0.2) is 0 Å². The Morgan fingerprint density at radius 1 is 0.920 bits per heavy atom. The van der Waals surface area contributed by atoms with Crippen LogP contribution in [0, 0.1) is 0 Å². The number of aromatic nitrogens is 2. The van der Waals surface area contributed by atoms with E-state index >= 15 is 0 Å². The summed E-state index contributed by atoms with van der Waals surface area (Å²) in [5.41, 5.74) is -0.387. The Morgan fingerprint density at radius 3 is 1.88 bits per heavy atom. The van der Waals surface area contributed by atoms with Gasteiger partial charge in [0.05, 0.1) is 0 Å². The van der Waals surface area contributed by atoms with Crippen LogP contribution in [-0.4, -0.2) is 22.9 Å². The third-order valence-electron chi connectivity index (χ3n) is 4.80. The molecule has 0 saturated carbocycles. The van der Waals surface area contributed by atoms with Gasteiger partial charge in [-0.3, -0.25) is 0 Å². The normalized spacial score (nSPS) is 12.6. The van der Waals surface area contributed by atoms with E-state index in [4.69, 9.17) is 0 Å². The van der Waals surface area contributed by atoms with E-state index in [1.807, 2.05) is 0 Å². The fraction of sp³-hybridized carbons (Fsp3) is 0.842. The van der Waals surface area contributed by atoms with Crippen molar-refractivity contribution in [1.29, 1.82) is 0 Å². The van der Waals surface area contributed by atoms with Crippen molar-refractivity contribution in [2.24, 2.45) is 0 Å². The second-order valence-electron chi connectivity index (χ2n) is 7.39. The molecule has 0 aliphatic carbocycles. The topological polar surface area (TPSA) is 64.0 Å². The molecule has 0 unspecified atom stereocenters. The van der Waals surface area contributed by atoms with Crippen LogP contribution < -0.4 is 4.72 Å². The van der Waals surface area contributed by atoms with Gasteiger partial charge in [0, 0.05) is 17.9 Å². The number of nitrogens with zero attached hydrogens (tertiary/aromatic N) is 2.